The van der Waals surface area contributed by atoms with E-state index < -0.39 is 0 Å². The minimum Gasteiger partial charge on any atom is -0.375 e. The molecule has 1 aromatic rings. The molecule has 114 valence electrons. The molecule has 2 unspecified atom stereocenters. The largest absolute Gasteiger partial charge is 0.375 e. The van der Waals surface area contributed by atoms with Crippen LogP contribution in [0.1, 0.15) is 25.2 Å². The molecule has 2 atom stereocenters. The van der Waals surface area contributed by atoms with Crippen molar-refractivity contribution in [1.29, 1.82) is 0 Å². The first-order valence-corrected chi connectivity index (χ1v) is 9.26. The van der Waals surface area contributed by atoms with E-state index >= 15 is 0 Å². The summed E-state index contributed by atoms with van der Waals surface area (Å²) in [5, 5.41) is 8.10. The smallest absolute Gasteiger partial charge is 0.0822 e. The Morgan fingerprint density at radius 2 is 2.35 bits per heavy atom. The van der Waals surface area contributed by atoms with E-state index in [2.05, 4.69) is 44.9 Å². The van der Waals surface area contributed by atoms with Gasteiger partial charge in [0.2, 0.25) is 0 Å². The monoisotopic (exact) mass is 361 g/mol. The zero-order valence-corrected chi connectivity index (χ0v) is 14.9. The van der Waals surface area contributed by atoms with Crippen LogP contribution in [0.5, 0.6) is 0 Å². The van der Waals surface area contributed by atoms with Crippen LogP contribution < -0.4 is 5.32 Å². The Bertz CT molecular complexity index is 432. The maximum atomic E-state index is 5.92. The Kier molecular flexibility index (Phi) is 6.39. The molecule has 0 aliphatic carbocycles. The van der Waals surface area contributed by atoms with Gasteiger partial charge in [-0.3, -0.25) is 4.68 Å². The van der Waals surface area contributed by atoms with E-state index in [-0.39, 0.29) is 6.10 Å². The van der Waals surface area contributed by atoms with Gasteiger partial charge in [0.15, 0.2) is 0 Å². The summed E-state index contributed by atoms with van der Waals surface area (Å²) in [6.07, 6.45) is 2.19. The van der Waals surface area contributed by atoms with Crippen LogP contribution in [-0.2, 0) is 24.1 Å². The lowest BCUT2D eigenvalue weighted by Gasteiger charge is -2.30. The first-order valence-electron chi connectivity index (χ1n) is 7.31. The standard InChI is InChI=1S/C14H24BrN3OS/c1-4-10-14(15)12(18(5-2)17-10)8-11(16-3)13-9-20-7-6-19-13/h11,13,16H,4-9H2,1-3H3. The number of thioether (sulfide) groups is 1. The molecule has 1 N–H and O–H groups in total. The van der Waals surface area contributed by atoms with E-state index in [1.807, 2.05) is 18.8 Å². The molecule has 0 amide bonds. The molecule has 4 nitrogen and oxygen atoms in total. The van der Waals surface area contributed by atoms with Crippen LogP contribution >= 0.6 is 27.7 Å². The van der Waals surface area contributed by atoms with Crippen molar-refractivity contribution >= 4 is 27.7 Å². The van der Waals surface area contributed by atoms with E-state index in [1.54, 1.807) is 0 Å². The summed E-state index contributed by atoms with van der Waals surface area (Å²) in [4.78, 5) is 0. The van der Waals surface area contributed by atoms with Gasteiger partial charge in [0.25, 0.3) is 0 Å². The first kappa shape index (κ1) is 16.3. The van der Waals surface area contributed by atoms with Crippen molar-refractivity contribution in [2.45, 2.75) is 45.4 Å². The lowest BCUT2D eigenvalue weighted by molar-refractivity contribution is 0.0486. The molecule has 1 fully saturated rings. The number of hydrogen-bond acceptors (Lipinski definition) is 4. The molecule has 0 radical (unpaired) electrons. The minimum absolute atomic E-state index is 0.288. The SMILES string of the molecule is CCc1nn(CC)c(CC(NC)C2CSCCO2)c1Br. The molecule has 1 aliphatic heterocycles. The van der Waals surface area contributed by atoms with Gasteiger partial charge in [0, 0.05) is 30.5 Å². The summed E-state index contributed by atoms with van der Waals surface area (Å²) in [5.41, 5.74) is 2.43. The fourth-order valence-electron chi connectivity index (χ4n) is 2.58. The van der Waals surface area contributed by atoms with Crippen molar-refractivity contribution in [1.82, 2.24) is 15.1 Å². The van der Waals surface area contributed by atoms with E-state index in [0.717, 1.165) is 43.2 Å². The van der Waals surface area contributed by atoms with Crippen molar-refractivity contribution in [3.8, 4) is 0 Å². The molecule has 0 saturated carbocycles. The lowest BCUT2D eigenvalue weighted by Crippen LogP contribution is -2.45. The van der Waals surface area contributed by atoms with Gasteiger partial charge in [-0.2, -0.15) is 16.9 Å². The highest BCUT2D eigenvalue weighted by Gasteiger charge is 2.26. The molecule has 0 bridgehead atoms. The maximum Gasteiger partial charge on any atom is 0.0822 e. The van der Waals surface area contributed by atoms with Gasteiger partial charge in [0.05, 0.1) is 28.6 Å². The van der Waals surface area contributed by atoms with Crippen molar-refractivity contribution in [2.75, 3.05) is 25.2 Å². The van der Waals surface area contributed by atoms with Gasteiger partial charge >= 0.3 is 0 Å². The highest BCUT2D eigenvalue weighted by atomic mass is 79.9. The van der Waals surface area contributed by atoms with Crippen LogP contribution in [0.25, 0.3) is 0 Å². The second kappa shape index (κ2) is 7.82. The van der Waals surface area contributed by atoms with Crippen LogP contribution in [0.4, 0.5) is 0 Å². The van der Waals surface area contributed by atoms with Crippen LogP contribution in [0, 0.1) is 0 Å². The molecular formula is C14H24BrN3OS. The van der Waals surface area contributed by atoms with Crippen LogP contribution in [-0.4, -0.2) is 47.1 Å². The maximum absolute atomic E-state index is 5.92. The Labute approximate surface area is 134 Å². The molecule has 1 saturated heterocycles. The fourth-order valence-corrected chi connectivity index (χ4v) is 4.25. The highest BCUT2D eigenvalue weighted by Crippen LogP contribution is 2.25. The average Bonchev–Trinajstić information content (AvgIpc) is 2.81. The average molecular weight is 362 g/mol. The Balaban J connectivity index is 2.15. The van der Waals surface area contributed by atoms with Gasteiger partial charge < -0.3 is 10.1 Å². The van der Waals surface area contributed by atoms with Gasteiger partial charge in [-0.1, -0.05) is 6.92 Å². The topological polar surface area (TPSA) is 39.1 Å². The van der Waals surface area contributed by atoms with E-state index in [9.17, 15) is 0 Å². The number of aromatic nitrogens is 2. The number of nitrogens with one attached hydrogen (secondary N) is 1. The van der Waals surface area contributed by atoms with Crippen molar-refractivity contribution in [3.05, 3.63) is 15.9 Å². The van der Waals surface area contributed by atoms with Crippen LogP contribution in [0.15, 0.2) is 4.47 Å². The van der Waals surface area contributed by atoms with Crippen LogP contribution in [0.2, 0.25) is 0 Å². The number of likely N-dealkylation sites (N-methyl/N-ethyl adjacent to an activating group) is 1. The van der Waals surface area contributed by atoms with E-state index in [1.165, 1.54) is 10.2 Å². The molecule has 0 spiro atoms. The molecule has 1 aliphatic rings. The quantitative estimate of drug-likeness (QED) is 0.844. The highest BCUT2D eigenvalue weighted by molar-refractivity contribution is 9.10. The predicted molar refractivity (Wildman–Crippen MR) is 88.6 cm³/mol. The Hall–Kier alpha value is -0.0400. The van der Waals surface area contributed by atoms with Crippen molar-refractivity contribution in [2.24, 2.45) is 0 Å². The second-order valence-electron chi connectivity index (χ2n) is 4.96. The zero-order valence-electron chi connectivity index (χ0n) is 12.5. The number of halogens is 1. The predicted octanol–water partition coefficient (Wildman–Crippen LogP) is 2.49. The molecule has 2 heterocycles. The molecule has 1 aromatic heterocycles. The van der Waals surface area contributed by atoms with Crippen molar-refractivity contribution in [3.63, 3.8) is 0 Å². The summed E-state index contributed by atoms with van der Waals surface area (Å²) >= 11 is 5.71. The summed E-state index contributed by atoms with van der Waals surface area (Å²) in [5.74, 6) is 2.19. The molecular weight excluding hydrogens is 338 g/mol. The summed E-state index contributed by atoms with van der Waals surface area (Å²) in [6.45, 7) is 6.06. The number of hydrogen-bond donors (Lipinski definition) is 1. The molecule has 0 aromatic carbocycles. The Morgan fingerprint density at radius 1 is 1.55 bits per heavy atom. The number of rotatable bonds is 6. The summed E-state index contributed by atoms with van der Waals surface area (Å²) < 4.78 is 9.21. The lowest BCUT2D eigenvalue weighted by atomic mass is 10.1. The summed E-state index contributed by atoms with van der Waals surface area (Å²) in [6, 6.07) is 0.339. The van der Waals surface area contributed by atoms with E-state index in [4.69, 9.17) is 4.74 Å². The normalized spacial score (nSPS) is 21.1. The van der Waals surface area contributed by atoms with Gasteiger partial charge in [-0.15, -0.1) is 0 Å². The molecule has 2 rings (SSSR count). The van der Waals surface area contributed by atoms with Gasteiger partial charge in [0.1, 0.15) is 0 Å². The minimum atomic E-state index is 0.288. The van der Waals surface area contributed by atoms with Gasteiger partial charge in [-0.05, 0) is 36.3 Å². The number of nitrogens with zero attached hydrogens (tertiary/aromatic N) is 2. The molecule has 20 heavy (non-hydrogen) atoms. The fraction of sp³-hybridized carbons (Fsp3) is 0.786. The van der Waals surface area contributed by atoms with Crippen molar-refractivity contribution < 1.29 is 4.74 Å². The second-order valence-corrected chi connectivity index (χ2v) is 6.90. The number of aryl methyl sites for hydroxylation is 2. The number of ether oxygens (including phenoxy) is 1. The Morgan fingerprint density at radius 3 is 2.90 bits per heavy atom. The molecule has 6 heteroatoms. The first-order chi connectivity index (χ1) is 9.71. The zero-order chi connectivity index (χ0) is 14.5. The third-order valence-electron chi connectivity index (χ3n) is 3.77. The summed E-state index contributed by atoms with van der Waals surface area (Å²) in [7, 11) is 2.02. The third kappa shape index (κ3) is 3.59. The third-order valence-corrected chi connectivity index (χ3v) is 5.70. The van der Waals surface area contributed by atoms with E-state index in [0.29, 0.717) is 6.04 Å². The van der Waals surface area contributed by atoms with Gasteiger partial charge in [-0.25, -0.2) is 0 Å². The van der Waals surface area contributed by atoms with Crippen LogP contribution in [0.3, 0.4) is 0 Å².